The second-order valence-corrected chi connectivity index (χ2v) is 7.83. The molecule has 2 amide bonds. The number of ether oxygens (including phenoxy) is 2. The molecule has 0 saturated carbocycles. The maximum Gasteiger partial charge on any atom is 0.252 e. The number of hydrogen-bond acceptors (Lipinski definition) is 4. The van der Waals surface area contributed by atoms with E-state index in [4.69, 9.17) is 9.47 Å². The molecule has 32 heavy (non-hydrogen) atoms. The van der Waals surface area contributed by atoms with Gasteiger partial charge < -0.3 is 20.1 Å². The van der Waals surface area contributed by atoms with Gasteiger partial charge in [0.05, 0.1) is 13.2 Å². The highest BCUT2D eigenvalue weighted by Crippen LogP contribution is 2.28. The van der Waals surface area contributed by atoms with E-state index in [1.807, 2.05) is 55.5 Å². The normalized spacial score (nSPS) is 15.6. The van der Waals surface area contributed by atoms with Gasteiger partial charge in [0.15, 0.2) is 0 Å². The Balaban J connectivity index is 1.50. The maximum atomic E-state index is 13.3. The van der Waals surface area contributed by atoms with Gasteiger partial charge in [0, 0.05) is 5.56 Å². The molecular weight excluding hydrogens is 404 g/mol. The Hall–Kier alpha value is -3.80. The fourth-order valence-electron chi connectivity index (χ4n) is 3.87. The van der Waals surface area contributed by atoms with Crippen molar-refractivity contribution in [1.82, 2.24) is 10.6 Å². The molecule has 1 aliphatic rings. The molecule has 0 aromatic heterocycles. The summed E-state index contributed by atoms with van der Waals surface area (Å²) in [5.41, 5.74) is 3.31. The number of aryl methyl sites for hydroxylation is 1. The predicted octanol–water partition coefficient (Wildman–Crippen LogP) is 3.59. The highest BCUT2D eigenvalue weighted by molar-refractivity contribution is 5.98. The second kappa shape index (κ2) is 9.56. The van der Waals surface area contributed by atoms with Crippen LogP contribution in [0.3, 0.4) is 0 Å². The zero-order chi connectivity index (χ0) is 22.5. The first kappa shape index (κ1) is 21.4. The Kier molecular flexibility index (Phi) is 6.40. The molecule has 1 heterocycles. The standard InChI is InChI=1S/C26H26N2O4/c1-17-7-6-10-20-15-21(16-32-24(17)20)27-26(30)23(18-8-4-3-5-9-18)28-25(29)19-11-13-22(31-2)14-12-19/h3-14,21,23H,15-16H2,1-2H3,(H,27,30)(H,28,29). The minimum atomic E-state index is -0.829. The fraction of sp³-hybridized carbons (Fsp3) is 0.231. The second-order valence-electron chi connectivity index (χ2n) is 7.83. The lowest BCUT2D eigenvalue weighted by Gasteiger charge is -2.29. The Morgan fingerprint density at radius 1 is 1.00 bits per heavy atom. The number of hydrogen-bond donors (Lipinski definition) is 2. The molecule has 3 aromatic carbocycles. The first-order valence-corrected chi connectivity index (χ1v) is 10.6. The molecular formula is C26H26N2O4. The summed E-state index contributed by atoms with van der Waals surface area (Å²) in [4.78, 5) is 26.1. The molecule has 2 N–H and O–H groups in total. The van der Waals surface area contributed by atoms with Crippen molar-refractivity contribution in [3.8, 4) is 11.5 Å². The molecule has 0 spiro atoms. The van der Waals surface area contributed by atoms with Crippen LogP contribution in [0.2, 0.25) is 0 Å². The van der Waals surface area contributed by atoms with Crippen molar-refractivity contribution in [2.75, 3.05) is 13.7 Å². The van der Waals surface area contributed by atoms with E-state index in [1.54, 1.807) is 31.4 Å². The summed E-state index contributed by atoms with van der Waals surface area (Å²) in [5, 5.41) is 5.93. The largest absolute Gasteiger partial charge is 0.497 e. The van der Waals surface area contributed by atoms with Gasteiger partial charge in [0.25, 0.3) is 5.91 Å². The Morgan fingerprint density at radius 3 is 2.47 bits per heavy atom. The minimum absolute atomic E-state index is 0.180. The van der Waals surface area contributed by atoms with Gasteiger partial charge >= 0.3 is 0 Å². The van der Waals surface area contributed by atoms with Crippen molar-refractivity contribution in [3.63, 3.8) is 0 Å². The third kappa shape index (κ3) is 4.75. The van der Waals surface area contributed by atoms with E-state index in [0.717, 1.165) is 16.9 Å². The predicted molar refractivity (Wildman–Crippen MR) is 122 cm³/mol. The lowest BCUT2D eigenvalue weighted by atomic mass is 9.99. The lowest BCUT2D eigenvalue weighted by molar-refractivity contribution is -0.124. The molecule has 3 aromatic rings. The van der Waals surface area contributed by atoms with Crippen LogP contribution in [-0.4, -0.2) is 31.6 Å². The molecule has 1 aliphatic heterocycles. The van der Waals surface area contributed by atoms with Crippen LogP contribution in [0.1, 0.15) is 33.1 Å². The van der Waals surface area contributed by atoms with Crippen molar-refractivity contribution in [2.24, 2.45) is 0 Å². The number of para-hydroxylation sites is 1. The Morgan fingerprint density at radius 2 is 1.75 bits per heavy atom. The monoisotopic (exact) mass is 430 g/mol. The van der Waals surface area contributed by atoms with E-state index in [0.29, 0.717) is 29.9 Å². The average Bonchev–Trinajstić information content (AvgIpc) is 2.83. The smallest absolute Gasteiger partial charge is 0.252 e. The van der Waals surface area contributed by atoms with Crippen LogP contribution in [0.5, 0.6) is 11.5 Å². The highest BCUT2D eigenvalue weighted by Gasteiger charge is 2.28. The topological polar surface area (TPSA) is 76.7 Å². The molecule has 2 unspecified atom stereocenters. The third-order valence-corrected chi connectivity index (χ3v) is 5.56. The van der Waals surface area contributed by atoms with E-state index in [9.17, 15) is 9.59 Å². The quantitative estimate of drug-likeness (QED) is 0.627. The molecule has 0 fully saturated rings. The minimum Gasteiger partial charge on any atom is -0.497 e. The first-order chi connectivity index (χ1) is 15.5. The lowest BCUT2D eigenvalue weighted by Crippen LogP contribution is -2.48. The van der Waals surface area contributed by atoms with Gasteiger partial charge in [-0.3, -0.25) is 9.59 Å². The van der Waals surface area contributed by atoms with E-state index in [-0.39, 0.29) is 17.9 Å². The van der Waals surface area contributed by atoms with Crippen LogP contribution >= 0.6 is 0 Å². The average molecular weight is 431 g/mol. The zero-order valence-electron chi connectivity index (χ0n) is 18.1. The number of fused-ring (bicyclic) bond motifs is 1. The molecule has 2 atom stereocenters. The molecule has 0 aliphatic carbocycles. The number of amides is 2. The van der Waals surface area contributed by atoms with Crippen LogP contribution in [0, 0.1) is 6.92 Å². The highest BCUT2D eigenvalue weighted by atomic mass is 16.5. The van der Waals surface area contributed by atoms with Crippen molar-refractivity contribution in [2.45, 2.75) is 25.4 Å². The van der Waals surface area contributed by atoms with Crippen molar-refractivity contribution < 1.29 is 19.1 Å². The number of benzene rings is 3. The van der Waals surface area contributed by atoms with Crippen molar-refractivity contribution >= 4 is 11.8 Å². The summed E-state index contributed by atoms with van der Waals surface area (Å²) in [6.07, 6.45) is 0.677. The van der Waals surface area contributed by atoms with E-state index >= 15 is 0 Å². The number of nitrogens with one attached hydrogen (secondary N) is 2. The zero-order valence-corrected chi connectivity index (χ0v) is 18.1. The van der Waals surface area contributed by atoms with Crippen molar-refractivity contribution in [3.05, 3.63) is 95.1 Å². The Bertz CT molecular complexity index is 1100. The van der Waals surface area contributed by atoms with E-state index in [1.165, 1.54) is 0 Å². The number of carbonyl (C=O) groups is 2. The van der Waals surface area contributed by atoms with Crippen molar-refractivity contribution in [1.29, 1.82) is 0 Å². The van der Waals surface area contributed by atoms with E-state index < -0.39 is 6.04 Å². The van der Waals surface area contributed by atoms with Crippen LogP contribution in [0.25, 0.3) is 0 Å². The van der Waals surface area contributed by atoms with Gasteiger partial charge in [-0.2, -0.15) is 0 Å². The fourth-order valence-corrected chi connectivity index (χ4v) is 3.87. The van der Waals surface area contributed by atoms with Gasteiger partial charge in [0.2, 0.25) is 5.91 Å². The van der Waals surface area contributed by atoms with Gasteiger partial charge in [-0.25, -0.2) is 0 Å². The van der Waals surface area contributed by atoms with Gasteiger partial charge in [-0.05, 0) is 54.3 Å². The van der Waals surface area contributed by atoms with E-state index in [2.05, 4.69) is 10.6 Å². The van der Waals surface area contributed by atoms with Gasteiger partial charge in [-0.1, -0.05) is 48.5 Å². The van der Waals surface area contributed by atoms with Crippen LogP contribution in [0.4, 0.5) is 0 Å². The number of methoxy groups -OCH3 is 1. The maximum absolute atomic E-state index is 13.3. The third-order valence-electron chi connectivity index (χ3n) is 5.56. The van der Waals surface area contributed by atoms with Crippen LogP contribution < -0.4 is 20.1 Å². The summed E-state index contributed by atoms with van der Waals surface area (Å²) in [7, 11) is 1.57. The molecule has 0 radical (unpaired) electrons. The van der Waals surface area contributed by atoms with Gasteiger partial charge in [-0.15, -0.1) is 0 Å². The molecule has 6 nitrogen and oxygen atoms in total. The summed E-state index contributed by atoms with van der Waals surface area (Å²) in [6.45, 7) is 2.40. The first-order valence-electron chi connectivity index (χ1n) is 10.6. The number of rotatable bonds is 6. The molecule has 4 rings (SSSR count). The molecule has 0 bridgehead atoms. The molecule has 0 saturated heterocycles. The van der Waals surface area contributed by atoms with Gasteiger partial charge in [0.1, 0.15) is 24.1 Å². The van der Waals surface area contributed by atoms with Crippen LogP contribution in [-0.2, 0) is 11.2 Å². The summed E-state index contributed by atoms with van der Waals surface area (Å²) < 4.78 is 11.1. The molecule has 6 heteroatoms. The van der Waals surface area contributed by atoms with Crippen LogP contribution in [0.15, 0.2) is 72.8 Å². The molecule has 164 valence electrons. The summed E-state index contributed by atoms with van der Waals surface area (Å²) in [5.74, 6) is 0.942. The summed E-state index contributed by atoms with van der Waals surface area (Å²) in [6, 6.07) is 21.0. The summed E-state index contributed by atoms with van der Waals surface area (Å²) >= 11 is 0. The number of carbonyl (C=O) groups excluding carboxylic acids is 2. The Labute approximate surface area is 187 Å². The SMILES string of the molecule is COc1ccc(C(=O)NC(C(=O)NC2COc3c(C)cccc3C2)c2ccccc2)cc1.